The molecule has 0 aromatic heterocycles. The maximum atomic E-state index is 13.3. The van der Waals surface area contributed by atoms with Gasteiger partial charge in [-0.05, 0) is 35.6 Å². The van der Waals surface area contributed by atoms with Gasteiger partial charge in [-0.3, -0.25) is 9.59 Å². The maximum Gasteiger partial charge on any atom is 0.247 e. The Kier molecular flexibility index (Phi) is 8.18. The van der Waals surface area contributed by atoms with E-state index in [1.807, 2.05) is 30.3 Å². The number of benzene rings is 2. The Bertz CT molecular complexity index is 760. The quantitative estimate of drug-likeness (QED) is 0.694. The minimum absolute atomic E-state index is 0.128. The number of nitrogens with one attached hydrogen (secondary N) is 1. The van der Waals surface area contributed by atoms with Crippen molar-refractivity contribution in [2.24, 2.45) is 5.92 Å². The van der Waals surface area contributed by atoms with E-state index in [4.69, 9.17) is 0 Å². The first kappa shape index (κ1) is 21.6. The van der Waals surface area contributed by atoms with E-state index in [2.05, 4.69) is 19.2 Å². The lowest BCUT2D eigenvalue weighted by Crippen LogP contribution is -2.43. The summed E-state index contributed by atoms with van der Waals surface area (Å²) in [6.07, 6.45) is 1.15. The highest BCUT2D eigenvalue weighted by Crippen LogP contribution is 2.24. The molecule has 5 heteroatoms. The third kappa shape index (κ3) is 6.19. The van der Waals surface area contributed by atoms with E-state index in [9.17, 15) is 14.0 Å². The topological polar surface area (TPSA) is 49.4 Å². The molecule has 4 nitrogen and oxygen atoms in total. The first-order chi connectivity index (χ1) is 13.4. The molecule has 0 saturated heterocycles. The highest BCUT2D eigenvalue weighted by Gasteiger charge is 2.30. The molecule has 2 amide bonds. The summed E-state index contributed by atoms with van der Waals surface area (Å²) in [6, 6.07) is 14.6. The lowest BCUT2D eigenvalue weighted by molar-refractivity contribution is -0.141. The largest absolute Gasteiger partial charge is 0.354 e. The molecule has 0 aliphatic carbocycles. The number of hydrogen-bond donors (Lipinski definition) is 1. The summed E-state index contributed by atoms with van der Waals surface area (Å²) in [7, 11) is 0. The molecule has 0 unspecified atom stereocenters. The second-order valence-electron chi connectivity index (χ2n) is 7.29. The Morgan fingerprint density at radius 1 is 1.04 bits per heavy atom. The first-order valence-electron chi connectivity index (χ1n) is 9.79. The molecule has 2 rings (SSSR count). The van der Waals surface area contributed by atoms with Crippen molar-refractivity contribution in [3.63, 3.8) is 0 Å². The van der Waals surface area contributed by atoms with Gasteiger partial charge in [0, 0.05) is 19.5 Å². The standard InChI is InChI=1S/C23H29FN2O2/c1-4-21(27)26(16-18-10-12-20(24)13-11-18)22(19-8-6-5-7-9-19)23(28)25-15-14-17(2)3/h5-13,17,22H,4,14-16H2,1-3H3,(H,25,28)/t22-/m0/s1. The lowest BCUT2D eigenvalue weighted by Gasteiger charge is -2.31. The summed E-state index contributed by atoms with van der Waals surface area (Å²) < 4.78 is 13.3. The van der Waals surface area contributed by atoms with Crippen LogP contribution >= 0.6 is 0 Å². The zero-order valence-corrected chi connectivity index (χ0v) is 16.8. The zero-order valence-electron chi connectivity index (χ0n) is 16.8. The van der Waals surface area contributed by atoms with Crippen molar-refractivity contribution in [2.45, 2.75) is 46.2 Å². The van der Waals surface area contributed by atoms with Gasteiger partial charge in [-0.1, -0.05) is 63.2 Å². The third-order valence-electron chi connectivity index (χ3n) is 4.59. The summed E-state index contributed by atoms with van der Waals surface area (Å²) in [5.41, 5.74) is 1.53. The van der Waals surface area contributed by atoms with Crippen LogP contribution in [0.3, 0.4) is 0 Å². The van der Waals surface area contributed by atoms with Gasteiger partial charge in [0.05, 0.1) is 0 Å². The molecule has 1 N–H and O–H groups in total. The minimum Gasteiger partial charge on any atom is -0.354 e. The molecule has 0 aliphatic heterocycles. The van der Waals surface area contributed by atoms with Crippen molar-refractivity contribution in [1.29, 1.82) is 0 Å². The van der Waals surface area contributed by atoms with Crippen LogP contribution in [0.25, 0.3) is 0 Å². The van der Waals surface area contributed by atoms with Crippen molar-refractivity contribution >= 4 is 11.8 Å². The number of carbonyl (C=O) groups excluding carboxylic acids is 2. The second kappa shape index (κ2) is 10.6. The molecule has 0 spiro atoms. The highest BCUT2D eigenvalue weighted by atomic mass is 19.1. The van der Waals surface area contributed by atoms with Gasteiger partial charge in [0.15, 0.2) is 0 Å². The van der Waals surface area contributed by atoms with Crippen molar-refractivity contribution in [3.8, 4) is 0 Å². The van der Waals surface area contributed by atoms with Crippen molar-refractivity contribution in [2.75, 3.05) is 6.54 Å². The maximum absolute atomic E-state index is 13.3. The van der Waals surface area contributed by atoms with Crippen LogP contribution in [0.2, 0.25) is 0 Å². The monoisotopic (exact) mass is 384 g/mol. The van der Waals surface area contributed by atoms with E-state index in [0.29, 0.717) is 12.5 Å². The van der Waals surface area contributed by atoms with Gasteiger partial charge in [-0.25, -0.2) is 4.39 Å². The minimum atomic E-state index is -0.731. The number of hydrogen-bond acceptors (Lipinski definition) is 2. The summed E-state index contributed by atoms with van der Waals surface area (Å²) >= 11 is 0. The Balaban J connectivity index is 2.33. The van der Waals surface area contributed by atoms with Crippen LogP contribution in [0.1, 0.15) is 50.8 Å². The molecule has 1 atom stereocenters. The van der Waals surface area contributed by atoms with Gasteiger partial charge < -0.3 is 10.2 Å². The van der Waals surface area contributed by atoms with Crippen LogP contribution in [0, 0.1) is 11.7 Å². The smallest absolute Gasteiger partial charge is 0.247 e. The zero-order chi connectivity index (χ0) is 20.5. The Morgan fingerprint density at radius 2 is 1.68 bits per heavy atom. The molecule has 150 valence electrons. The van der Waals surface area contributed by atoms with E-state index in [0.717, 1.165) is 17.5 Å². The molecule has 2 aromatic carbocycles. The number of carbonyl (C=O) groups is 2. The fraction of sp³-hybridized carbons (Fsp3) is 0.391. The summed E-state index contributed by atoms with van der Waals surface area (Å²) in [5, 5.41) is 2.97. The second-order valence-corrected chi connectivity index (χ2v) is 7.29. The van der Waals surface area contributed by atoms with Gasteiger partial charge in [-0.15, -0.1) is 0 Å². The molecule has 0 heterocycles. The molecule has 0 radical (unpaired) electrons. The Hall–Kier alpha value is -2.69. The summed E-state index contributed by atoms with van der Waals surface area (Å²) in [5.74, 6) is -0.181. The van der Waals surface area contributed by atoms with Crippen molar-refractivity contribution in [3.05, 3.63) is 71.5 Å². The van der Waals surface area contributed by atoms with E-state index in [1.165, 1.54) is 12.1 Å². The number of halogens is 1. The van der Waals surface area contributed by atoms with E-state index in [-0.39, 0.29) is 30.6 Å². The Labute approximate surface area is 166 Å². The SMILES string of the molecule is CCC(=O)N(Cc1ccc(F)cc1)[C@H](C(=O)NCCC(C)C)c1ccccc1. The molecule has 28 heavy (non-hydrogen) atoms. The lowest BCUT2D eigenvalue weighted by atomic mass is 10.0. The molecule has 0 bridgehead atoms. The molecule has 0 fully saturated rings. The molecular weight excluding hydrogens is 355 g/mol. The van der Waals surface area contributed by atoms with Crippen LogP contribution in [0.4, 0.5) is 4.39 Å². The van der Waals surface area contributed by atoms with Crippen LogP contribution in [0.5, 0.6) is 0 Å². The first-order valence-corrected chi connectivity index (χ1v) is 9.79. The fourth-order valence-corrected chi connectivity index (χ4v) is 3.00. The van der Waals surface area contributed by atoms with Gasteiger partial charge in [0.2, 0.25) is 11.8 Å². The van der Waals surface area contributed by atoms with E-state index >= 15 is 0 Å². The number of rotatable bonds is 9. The van der Waals surface area contributed by atoms with Gasteiger partial charge in [-0.2, -0.15) is 0 Å². The van der Waals surface area contributed by atoms with Crippen molar-refractivity contribution in [1.82, 2.24) is 10.2 Å². The number of nitrogens with zero attached hydrogens (tertiary/aromatic N) is 1. The van der Waals surface area contributed by atoms with Gasteiger partial charge >= 0.3 is 0 Å². The fourth-order valence-electron chi connectivity index (χ4n) is 3.00. The predicted molar refractivity (Wildman–Crippen MR) is 109 cm³/mol. The average Bonchev–Trinajstić information content (AvgIpc) is 2.69. The Morgan fingerprint density at radius 3 is 2.25 bits per heavy atom. The predicted octanol–water partition coefficient (Wildman–Crippen LogP) is 4.47. The van der Waals surface area contributed by atoms with Crippen LogP contribution in [0.15, 0.2) is 54.6 Å². The van der Waals surface area contributed by atoms with Crippen LogP contribution in [-0.2, 0) is 16.1 Å². The molecular formula is C23H29FN2O2. The normalized spacial score (nSPS) is 11.9. The highest BCUT2D eigenvalue weighted by molar-refractivity contribution is 5.88. The third-order valence-corrected chi connectivity index (χ3v) is 4.59. The summed E-state index contributed by atoms with van der Waals surface area (Å²) in [4.78, 5) is 27.4. The van der Waals surface area contributed by atoms with Gasteiger partial charge in [0.1, 0.15) is 11.9 Å². The van der Waals surface area contributed by atoms with E-state index in [1.54, 1.807) is 24.0 Å². The van der Waals surface area contributed by atoms with Gasteiger partial charge in [0.25, 0.3) is 0 Å². The van der Waals surface area contributed by atoms with E-state index < -0.39 is 6.04 Å². The molecule has 2 aromatic rings. The van der Waals surface area contributed by atoms with Crippen LogP contribution < -0.4 is 5.32 Å². The van der Waals surface area contributed by atoms with Crippen molar-refractivity contribution < 1.29 is 14.0 Å². The summed E-state index contributed by atoms with van der Waals surface area (Å²) in [6.45, 7) is 6.78. The number of amides is 2. The molecule has 0 saturated carbocycles. The molecule has 0 aliphatic rings. The average molecular weight is 384 g/mol. The van der Waals surface area contributed by atoms with Crippen LogP contribution in [-0.4, -0.2) is 23.3 Å².